The average Bonchev–Trinajstić information content (AvgIpc) is 3.08. The zero-order valence-corrected chi connectivity index (χ0v) is 12.8. The third-order valence-corrected chi connectivity index (χ3v) is 5.74. The highest BCUT2D eigenvalue weighted by Crippen LogP contribution is 2.39. The van der Waals surface area contributed by atoms with E-state index in [1.165, 1.54) is 28.2 Å². The number of fused-ring (bicyclic) bond motifs is 1. The molecule has 2 heterocycles. The summed E-state index contributed by atoms with van der Waals surface area (Å²) >= 11 is 3.84. The van der Waals surface area contributed by atoms with E-state index < -0.39 is 0 Å². The van der Waals surface area contributed by atoms with Crippen molar-refractivity contribution in [3.63, 3.8) is 0 Å². The number of benzene rings is 1. The van der Waals surface area contributed by atoms with Crippen LogP contribution in [0.2, 0.25) is 0 Å². The van der Waals surface area contributed by atoms with E-state index in [0.29, 0.717) is 12.1 Å². The molecule has 1 N–H and O–H groups in total. The first-order valence-corrected chi connectivity index (χ1v) is 8.76. The zero-order valence-electron chi connectivity index (χ0n) is 11.1. The van der Waals surface area contributed by atoms with Gasteiger partial charge in [-0.15, -0.1) is 23.1 Å². The van der Waals surface area contributed by atoms with Crippen molar-refractivity contribution in [2.75, 3.05) is 5.75 Å². The molecule has 2 atom stereocenters. The fraction of sp³-hybridized carbons (Fsp3) is 0.375. The molecule has 0 radical (unpaired) electrons. The Morgan fingerprint density at radius 1 is 1.26 bits per heavy atom. The molecule has 19 heavy (non-hydrogen) atoms. The molecule has 0 fully saturated rings. The van der Waals surface area contributed by atoms with Gasteiger partial charge in [-0.2, -0.15) is 0 Å². The van der Waals surface area contributed by atoms with Crippen LogP contribution in [0.1, 0.15) is 42.3 Å². The summed E-state index contributed by atoms with van der Waals surface area (Å²) in [6.07, 6.45) is 2.43. The van der Waals surface area contributed by atoms with E-state index in [1.54, 1.807) is 0 Å². The van der Waals surface area contributed by atoms with E-state index >= 15 is 0 Å². The molecule has 1 aliphatic heterocycles. The number of thiophene rings is 1. The second kappa shape index (κ2) is 6.12. The molecule has 1 nitrogen and oxygen atoms in total. The molecular formula is C16H19NS2. The fourth-order valence-corrected chi connectivity index (χ4v) is 4.62. The number of nitrogens with one attached hydrogen (secondary N) is 1. The van der Waals surface area contributed by atoms with Crippen molar-refractivity contribution in [1.29, 1.82) is 0 Å². The maximum Gasteiger partial charge on any atom is 0.0431 e. The predicted octanol–water partition coefficient (Wildman–Crippen LogP) is 5.03. The molecule has 0 saturated heterocycles. The van der Waals surface area contributed by atoms with E-state index in [-0.39, 0.29) is 0 Å². The highest BCUT2D eigenvalue weighted by molar-refractivity contribution is 7.99. The van der Waals surface area contributed by atoms with Gasteiger partial charge in [0.05, 0.1) is 0 Å². The number of hydrogen-bond acceptors (Lipinski definition) is 3. The normalized spacial score (nSPS) is 19.3. The summed E-state index contributed by atoms with van der Waals surface area (Å²) < 4.78 is 0. The summed E-state index contributed by atoms with van der Waals surface area (Å²) in [5.74, 6) is 1.16. The van der Waals surface area contributed by atoms with Crippen LogP contribution in [0.15, 0.2) is 46.7 Å². The molecule has 1 aromatic heterocycles. The Hall–Kier alpha value is -0.770. The lowest BCUT2D eigenvalue weighted by Crippen LogP contribution is -2.26. The van der Waals surface area contributed by atoms with Crippen molar-refractivity contribution < 1.29 is 0 Å². The highest BCUT2D eigenvalue weighted by atomic mass is 32.2. The first-order valence-electron chi connectivity index (χ1n) is 6.89. The van der Waals surface area contributed by atoms with Gasteiger partial charge < -0.3 is 5.32 Å². The maximum absolute atomic E-state index is 3.87. The Balaban J connectivity index is 1.77. The molecule has 2 unspecified atom stereocenters. The van der Waals surface area contributed by atoms with Gasteiger partial charge in [0.15, 0.2) is 0 Å². The minimum atomic E-state index is 0.500. The van der Waals surface area contributed by atoms with Gasteiger partial charge in [0.1, 0.15) is 0 Å². The van der Waals surface area contributed by atoms with Crippen LogP contribution < -0.4 is 5.32 Å². The van der Waals surface area contributed by atoms with Crippen LogP contribution in [0.25, 0.3) is 0 Å². The lowest BCUT2D eigenvalue weighted by atomic mass is 10.0. The monoisotopic (exact) mass is 289 g/mol. The van der Waals surface area contributed by atoms with Crippen LogP contribution in [0.5, 0.6) is 0 Å². The summed E-state index contributed by atoms with van der Waals surface area (Å²) in [7, 11) is 0. The largest absolute Gasteiger partial charge is 0.301 e. The Labute approximate surface area is 123 Å². The standard InChI is InChI=1S/C16H19NS2/c1-2-6-13(16-9-5-10-18-16)17-14-11-19-15-8-4-3-7-12(14)15/h3-5,7-10,13-14,17H,2,6,11H2,1H3. The summed E-state index contributed by atoms with van der Waals surface area (Å²) in [5.41, 5.74) is 1.48. The van der Waals surface area contributed by atoms with E-state index in [0.717, 1.165) is 5.75 Å². The Morgan fingerprint density at radius 2 is 2.16 bits per heavy atom. The summed E-state index contributed by atoms with van der Waals surface area (Å²) in [6.45, 7) is 2.26. The van der Waals surface area contributed by atoms with Crippen molar-refractivity contribution in [2.45, 2.75) is 36.7 Å². The zero-order chi connectivity index (χ0) is 13.1. The first-order chi connectivity index (χ1) is 9.38. The minimum Gasteiger partial charge on any atom is -0.301 e. The predicted molar refractivity (Wildman–Crippen MR) is 85.0 cm³/mol. The Kier molecular flexibility index (Phi) is 4.26. The van der Waals surface area contributed by atoms with Crippen LogP contribution in [0, 0.1) is 0 Å². The van der Waals surface area contributed by atoms with Crippen LogP contribution in [0.3, 0.4) is 0 Å². The van der Waals surface area contributed by atoms with Crippen LogP contribution >= 0.6 is 23.1 Å². The van der Waals surface area contributed by atoms with Gasteiger partial charge in [-0.3, -0.25) is 0 Å². The highest BCUT2D eigenvalue weighted by Gasteiger charge is 2.25. The van der Waals surface area contributed by atoms with Gasteiger partial charge in [0.2, 0.25) is 0 Å². The Morgan fingerprint density at radius 3 is 2.95 bits per heavy atom. The first kappa shape index (κ1) is 13.2. The second-order valence-electron chi connectivity index (χ2n) is 4.92. The van der Waals surface area contributed by atoms with Crippen molar-refractivity contribution in [3.05, 3.63) is 52.2 Å². The fourth-order valence-electron chi connectivity index (χ4n) is 2.63. The molecular weight excluding hydrogens is 270 g/mol. The van der Waals surface area contributed by atoms with Gasteiger partial charge in [0, 0.05) is 27.6 Å². The Bertz CT molecular complexity index is 519. The van der Waals surface area contributed by atoms with Crippen LogP contribution in [0.4, 0.5) is 0 Å². The average molecular weight is 289 g/mol. The lowest BCUT2D eigenvalue weighted by molar-refractivity contribution is 0.449. The maximum atomic E-state index is 3.87. The SMILES string of the molecule is CCCC(NC1CSc2ccccc21)c1cccs1. The molecule has 2 aromatic rings. The molecule has 1 aliphatic rings. The number of hydrogen-bond donors (Lipinski definition) is 1. The summed E-state index contributed by atoms with van der Waals surface area (Å²) in [4.78, 5) is 2.91. The van der Waals surface area contributed by atoms with Crippen molar-refractivity contribution in [2.24, 2.45) is 0 Å². The van der Waals surface area contributed by atoms with Crippen molar-refractivity contribution in [1.82, 2.24) is 5.32 Å². The van der Waals surface area contributed by atoms with Gasteiger partial charge in [-0.25, -0.2) is 0 Å². The van der Waals surface area contributed by atoms with Crippen molar-refractivity contribution >= 4 is 23.1 Å². The third-order valence-electron chi connectivity index (χ3n) is 3.57. The van der Waals surface area contributed by atoms with Gasteiger partial charge in [-0.1, -0.05) is 37.6 Å². The molecule has 0 bridgehead atoms. The second-order valence-corrected chi connectivity index (χ2v) is 6.97. The molecule has 0 amide bonds. The molecule has 3 rings (SSSR count). The molecule has 1 aromatic carbocycles. The summed E-state index contributed by atoms with van der Waals surface area (Å²) in [6, 6.07) is 14.2. The van der Waals surface area contributed by atoms with Gasteiger partial charge >= 0.3 is 0 Å². The van der Waals surface area contributed by atoms with E-state index in [9.17, 15) is 0 Å². The van der Waals surface area contributed by atoms with Gasteiger partial charge in [0.25, 0.3) is 0 Å². The number of rotatable bonds is 5. The summed E-state index contributed by atoms with van der Waals surface area (Å²) in [5, 5.41) is 6.04. The quantitative estimate of drug-likeness (QED) is 0.829. The molecule has 3 heteroatoms. The van der Waals surface area contributed by atoms with Gasteiger partial charge in [-0.05, 0) is 29.5 Å². The van der Waals surface area contributed by atoms with E-state index in [2.05, 4.69) is 54.0 Å². The van der Waals surface area contributed by atoms with Crippen LogP contribution in [-0.2, 0) is 0 Å². The molecule has 0 aliphatic carbocycles. The van der Waals surface area contributed by atoms with E-state index in [4.69, 9.17) is 0 Å². The molecule has 0 spiro atoms. The smallest absolute Gasteiger partial charge is 0.0431 e. The lowest BCUT2D eigenvalue weighted by Gasteiger charge is -2.22. The van der Waals surface area contributed by atoms with Crippen LogP contribution in [-0.4, -0.2) is 5.75 Å². The van der Waals surface area contributed by atoms with Crippen molar-refractivity contribution in [3.8, 4) is 0 Å². The number of thioether (sulfide) groups is 1. The topological polar surface area (TPSA) is 12.0 Å². The minimum absolute atomic E-state index is 0.500. The molecule has 100 valence electrons. The van der Waals surface area contributed by atoms with E-state index in [1.807, 2.05) is 23.1 Å². The third kappa shape index (κ3) is 2.88. The molecule has 0 saturated carbocycles.